The van der Waals surface area contributed by atoms with Crippen molar-refractivity contribution in [2.24, 2.45) is 0 Å². The molecule has 1 aliphatic heterocycles. The molecule has 0 saturated carbocycles. The summed E-state index contributed by atoms with van der Waals surface area (Å²) in [5.74, 6) is -0.240. The minimum absolute atomic E-state index is 0.0877. The highest BCUT2D eigenvalue weighted by Crippen LogP contribution is 2.28. The molecule has 1 aromatic carbocycles. The second-order valence-electron chi connectivity index (χ2n) is 8.72. The van der Waals surface area contributed by atoms with Gasteiger partial charge in [0, 0.05) is 30.7 Å². The Morgan fingerprint density at radius 2 is 2.00 bits per heavy atom. The molecule has 1 amide bonds. The molecule has 9 heteroatoms. The second kappa shape index (κ2) is 8.63. The van der Waals surface area contributed by atoms with Crippen LogP contribution in [0.5, 0.6) is 0 Å². The van der Waals surface area contributed by atoms with E-state index in [1.54, 1.807) is 6.20 Å². The number of aromatic nitrogens is 3. The number of sulfonamides is 1. The number of hydrogen-bond acceptors (Lipinski definition) is 5. The summed E-state index contributed by atoms with van der Waals surface area (Å²) in [6.07, 6.45) is 4.34. The summed E-state index contributed by atoms with van der Waals surface area (Å²) < 4.78 is 27.2. The summed E-state index contributed by atoms with van der Waals surface area (Å²) in [4.78, 5) is 18.2. The number of fused-ring (bicyclic) bond motifs is 1. The molecule has 0 spiro atoms. The van der Waals surface area contributed by atoms with Crippen LogP contribution in [0.2, 0.25) is 0 Å². The highest BCUT2D eigenvalue weighted by atomic mass is 32.2. The molecule has 0 radical (unpaired) electrons. The molecule has 32 heavy (non-hydrogen) atoms. The van der Waals surface area contributed by atoms with E-state index in [0.29, 0.717) is 35.3 Å². The van der Waals surface area contributed by atoms with Crippen molar-refractivity contribution in [2.75, 3.05) is 19.3 Å². The van der Waals surface area contributed by atoms with Crippen LogP contribution >= 0.6 is 0 Å². The van der Waals surface area contributed by atoms with Crippen LogP contribution in [0.3, 0.4) is 0 Å². The number of nitrogens with one attached hydrogen (secondary N) is 1. The number of amides is 1. The Morgan fingerprint density at radius 3 is 2.69 bits per heavy atom. The predicted octanol–water partition coefficient (Wildman–Crippen LogP) is 3.14. The predicted molar refractivity (Wildman–Crippen MR) is 125 cm³/mol. The maximum Gasteiger partial charge on any atom is 0.252 e. The average molecular weight is 456 g/mol. The van der Waals surface area contributed by atoms with Gasteiger partial charge in [0.05, 0.1) is 29.1 Å². The van der Waals surface area contributed by atoms with Crippen molar-refractivity contribution < 1.29 is 13.2 Å². The van der Waals surface area contributed by atoms with Gasteiger partial charge in [0.2, 0.25) is 10.0 Å². The van der Waals surface area contributed by atoms with Gasteiger partial charge in [-0.05, 0) is 45.2 Å². The molecule has 3 aromatic rings. The van der Waals surface area contributed by atoms with Gasteiger partial charge in [-0.2, -0.15) is 5.10 Å². The van der Waals surface area contributed by atoms with Crippen molar-refractivity contribution in [2.45, 2.75) is 45.7 Å². The zero-order valence-electron chi connectivity index (χ0n) is 18.9. The Morgan fingerprint density at radius 1 is 1.25 bits per heavy atom. The van der Waals surface area contributed by atoms with Gasteiger partial charge in [0.1, 0.15) is 0 Å². The molecule has 0 bridgehead atoms. The molecule has 1 saturated heterocycles. The van der Waals surface area contributed by atoms with Gasteiger partial charge >= 0.3 is 0 Å². The van der Waals surface area contributed by atoms with E-state index in [0.717, 1.165) is 17.5 Å². The van der Waals surface area contributed by atoms with Gasteiger partial charge in [0.25, 0.3) is 5.91 Å². The third-order valence-corrected chi connectivity index (χ3v) is 7.18. The lowest BCUT2D eigenvalue weighted by atomic mass is 10.0. The number of aryl methyl sites for hydroxylation is 1. The average Bonchev–Trinajstić information content (AvgIpc) is 3.17. The first-order valence-electron chi connectivity index (χ1n) is 10.9. The SMILES string of the molecule is Cc1ccccc1-c1cc(C(=O)NC2CCCN(S(C)(=O)=O)C2)c2cnn(C(C)C)c2n1. The lowest BCUT2D eigenvalue weighted by molar-refractivity contribution is 0.0923. The Hall–Kier alpha value is -2.78. The molecule has 4 rings (SSSR count). The zero-order valence-corrected chi connectivity index (χ0v) is 19.7. The van der Waals surface area contributed by atoms with Crippen LogP contribution in [-0.2, 0) is 10.0 Å². The number of rotatable bonds is 5. The number of carbonyl (C=O) groups excluding carboxylic acids is 1. The van der Waals surface area contributed by atoms with Crippen LogP contribution in [0.25, 0.3) is 22.3 Å². The summed E-state index contributed by atoms with van der Waals surface area (Å²) in [7, 11) is -3.29. The number of pyridine rings is 1. The van der Waals surface area contributed by atoms with Gasteiger partial charge in [-0.3, -0.25) is 4.79 Å². The minimum atomic E-state index is -3.29. The van der Waals surface area contributed by atoms with Gasteiger partial charge in [-0.25, -0.2) is 22.4 Å². The fourth-order valence-electron chi connectivity index (χ4n) is 4.21. The molecule has 0 aliphatic carbocycles. The third-order valence-electron chi connectivity index (χ3n) is 5.91. The van der Waals surface area contributed by atoms with Gasteiger partial charge < -0.3 is 5.32 Å². The van der Waals surface area contributed by atoms with E-state index in [4.69, 9.17) is 4.98 Å². The monoisotopic (exact) mass is 455 g/mol. The van der Waals surface area contributed by atoms with Gasteiger partial charge in [-0.15, -0.1) is 0 Å². The number of nitrogens with zero attached hydrogens (tertiary/aromatic N) is 4. The molecule has 1 atom stereocenters. The van der Waals surface area contributed by atoms with Crippen molar-refractivity contribution in [3.63, 3.8) is 0 Å². The van der Waals surface area contributed by atoms with E-state index < -0.39 is 10.0 Å². The maximum atomic E-state index is 13.4. The number of hydrogen-bond donors (Lipinski definition) is 1. The summed E-state index contributed by atoms with van der Waals surface area (Å²) >= 11 is 0. The van der Waals surface area contributed by atoms with Crippen LogP contribution in [0.15, 0.2) is 36.5 Å². The van der Waals surface area contributed by atoms with Crippen LogP contribution in [-0.4, -0.2) is 58.8 Å². The van der Waals surface area contributed by atoms with Crippen LogP contribution in [0.4, 0.5) is 0 Å². The van der Waals surface area contributed by atoms with Crippen molar-refractivity contribution in [3.05, 3.63) is 47.7 Å². The normalized spacial score (nSPS) is 17.7. The maximum absolute atomic E-state index is 13.4. The van der Waals surface area contributed by atoms with Crippen LogP contribution < -0.4 is 5.32 Å². The van der Waals surface area contributed by atoms with Crippen LogP contribution in [0.1, 0.15) is 48.7 Å². The minimum Gasteiger partial charge on any atom is -0.348 e. The highest BCUT2D eigenvalue weighted by molar-refractivity contribution is 7.88. The van der Waals surface area contributed by atoms with Gasteiger partial charge in [0.15, 0.2) is 5.65 Å². The standard InChI is InChI=1S/C23H29N5O3S/c1-15(2)28-22-20(13-24-28)19(12-21(26-22)18-10-6-5-8-16(18)3)23(29)25-17-9-7-11-27(14-17)32(4,30)31/h5-6,8,10,12-13,15,17H,7,9,11,14H2,1-4H3,(H,25,29). The zero-order chi connectivity index (χ0) is 23.0. The largest absolute Gasteiger partial charge is 0.348 e. The smallest absolute Gasteiger partial charge is 0.252 e. The molecule has 3 heterocycles. The second-order valence-corrected chi connectivity index (χ2v) is 10.7. The fourth-order valence-corrected chi connectivity index (χ4v) is 5.12. The molecular formula is C23H29N5O3S. The van der Waals surface area contributed by atoms with E-state index in [-0.39, 0.29) is 24.5 Å². The lowest BCUT2D eigenvalue weighted by Gasteiger charge is -2.31. The van der Waals surface area contributed by atoms with Gasteiger partial charge in [-0.1, -0.05) is 24.3 Å². The van der Waals surface area contributed by atoms with E-state index in [2.05, 4.69) is 10.4 Å². The Balaban J connectivity index is 1.74. The summed E-state index contributed by atoms with van der Waals surface area (Å²) in [5.41, 5.74) is 3.90. The topological polar surface area (TPSA) is 97.2 Å². The number of piperidine rings is 1. The quantitative estimate of drug-likeness (QED) is 0.637. The summed E-state index contributed by atoms with van der Waals surface area (Å²) in [6.45, 7) is 6.84. The molecule has 2 aromatic heterocycles. The first-order chi connectivity index (χ1) is 15.1. The number of benzene rings is 1. The van der Waals surface area contributed by atoms with Crippen molar-refractivity contribution in [1.29, 1.82) is 0 Å². The van der Waals surface area contributed by atoms with Crippen molar-refractivity contribution >= 4 is 27.0 Å². The number of carbonyl (C=O) groups is 1. The molecule has 1 unspecified atom stereocenters. The molecule has 1 N–H and O–H groups in total. The Labute approximate surface area is 188 Å². The van der Waals surface area contributed by atoms with E-state index in [1.165, 1.54) is 10.6 Å². The first kappa shape index (κ1) is 22.4. The Kier molecular flexibility index (Phi) is 6.05. The Bertz CT molecular complexity index is 1270. The third kappa shape index (κ3) is 4.40. The molecule has 170 valence electrons. The molecule has 1 aliphatic rings. The first-order valence-corrected chi connectivity index (χ1v) is 12.7. The fraction of sp³-hybridized carbons (Fsp3) is 0.435. The molecule has 8 nitrogen and oxygen atoms in total. The highest BCUT2D eigenvalue weighted by Gasteiger charge is 2.28. The van der Waals surface area contributed by atoms with Crippen molar-refractivity contribution in [3.8, 4) is 11.3 Å². The summed E-state index contributed by atoms with van der Waals surface area (Å²) in [5, 5.41) is 8.21. The van der Waals surface area contributed by atoms with E-state index in [9.17, 15) is 13.2 Å². The summed E-state index contributed by atoms with van der Waals surface area (Å²) in [6, 6.07) is 9.59. The van der Waals surface area contributed by atoms with E-state index >= 15 is 0 Å². The lowest BCUT2D eigenvalue weighted by Crippen LogP contribution is -2.49. The van der Waals surface area contributed by atoms with Crippen molar-refractivity contribution in [1.82, 2.24) is 24.4 Å². The molecular weight excluding hydrogens is 426 g/mol. The molecule has 1 fully saturated rings. The van der Waals surface area contributed by atoms with Crippen LogP contribution in [0, 0.1) is 6.92 Å². The van der Waals surface area contributed by atoms with E-state index in [1.807, 2.05) is 55.8 Å².